The van der Waals surface area contributed by atoms with Crippen molar-refractivity contribution in [1.29, 1.82) is 5.26 Å². The summed E-state index contributed by atoms with van der Waals surface area (Å²) in [6, 6.07) is 13.5. The van der Waals surface area contributed by atoms with E-state index in [0.717, 1.165) is 22.6 Å². The lowest BCUT2D eigenvalue weighted by molar-refractivity contribution is -0.117. The number of anilines is 1. The van der Waals surface area contributed by atoms with Gasteiger partial charge in [0.05, 0.1) is 24.9 Å². The lowest BCUT2D eigenvalue weighted by atomic mass is 10.2. The van der Waals surface area contributed by atoms with Gasteiger partial charge in [-0.1, -0.05) is 29.8 Å². The number of nitrogens with one attached hydrogen (secondary N) is 1. The van der Waals surface area contributed by atoms with E-state index in [2.05, 4.69) is 11.4 Å². The first-order valence-corrected chi connectivity index (χ1v) is 9.62. The van der Waals surface area contributed by atoms with Crippen LogP contribution < -0.4 is 5.32 Å². The van der Waals surface area contributed by atoms with Gasteiger partial charge in [0.15, 0.2) is 0 Å². The summed E-state index contributed by atoms with van der Waals surface area (Å²) in [5, 5.41) is 13.2. The fourth-order valence-electron chi connectivity index (χ4n) is 3.28. The first kappa shape index (κ1) is 20.7. The highest BCUT2D eigenvalue weighted by molar-refractivity contribution is 6.31. The molecule has 0 unspecified atom stereocenters. The number of rotatable bonds is 7. The lowest BCUT2D eigenvalue weighted by Crippen LogP contribution is -2.30. The minimum Gasteiger partial charge on any atom is -0.467 e. The summed E-state index contributed by atoms with van der Waals surface area (Å²) in [5.74, 6) is 1.04. The number of nitriles is 1. The normalized spacial score (nSPS) is 10.9. The molecule has 0 bridgehead atoms. The number of hydrogen-bond donors (Lipinski definition) is 1. The predicted octanol–water partition coefficient (Wildman–Crippen LogP) is 4.34. The van der Waals surface area contributed by atoms with Crippen molar-refractivity contribution in [3.05, 3.63) is 75.8 Å². The molecule has 0 spiro atoms. The molecule has 6 nitrogen and oxygen atoms in total. The van der Waals surface area contributed by atoms with E-state index in [1.807, 2.05) is 66.8 Å². The molecule has 0 fully saturated rings. The van der Waals surface area contributed by atoms with Gasteiger partial charge in [-0.15, -0.1) is 0 Å². The molecule has 7 heteroatoms. The summed E-state index contributed by atoms with van der Waals surface area (Å²) in [5.41, 5.74) is 3.18. The van der Waals surface area contributed by atoms with Gasteiger partial charge in [-0.05, 0) is 50.2 Å². The van der Waals surface area contributed by atoms with Gasteiger partial charge in [0, 0.05) is 17.3 Å². The number of amides is 1. The van der Waals surface area contributed by atoms with E-state index in [4.69, 9.17) is 16.0 Å². The molecule has 1 aromatic carbocycles. The Morgan fingerprint density at radius 3 is 2.69 bits per heavy atom. The van der Waals surface area contributed by atoms with Crippen molar-refractivity contribution in [1.82, 2.24) is 9.47 Å². The summed E-state index contributed by atoms with van der Waals surface area (Å²) >= 11 is 6.21. The van der Waals surface area contributed by atoms with E-state index in [1.165, 1.54) is 0 Å². The summed E-state index contributed by atoms with van der Waals surface area (Å²) in [4.78, 5) is 14.6. The Kier molecular flexibility index (Phi) is 6.42. The zero-order chi connectivity index (χ0) is 21.0. The molecule has 1 amide bonds. The van der Waals surface area contributed by atoms with Gasteiger partial charge in [-0.3, -0.25) is 9.69 Å². The zero-order valence-corrected chi connectivity index (χ0v) is 17.5. The summed E-state index contributed by atoms with van der Waals surface area (Å²) in [7, 11) is 1.85. The quantitative estimate of drug-likeness (QED) is 0.628. The maximum absolute atomic E-state index is 12.7. The van der Waals surface area contributed by atoms with Gasteiger partial charge >= 0.3 is 0 Å². The number of benzene rings is 1. The summed E-state index contributed by atoms with van der Waals surface area (Å²) in [6.45, 7) is 4.96. The molecular weight excluding hydrogens is 388 g/mol. The van der Waals surface area contributed by atoms with Crippen LogP contribution in [0.4, 0.5) is 5.82 Å². The van der Waals surface area contributed by atoms with E-state index < -0.39 is 0 Å². The molecule has 2 aromatic heterocycles. The van der Waals surface area contributed by atoms with Crippen LogP contribution in [0.3, 0.4) is 0 Å². The number of carbonyl (C=O) groups is 1. The van der Waals surface area contributed by atoms with E-state index in [9.17, 15) is 10.1 Å². The fraction of sp³-hybridized carbons (Fsp3) is 0.273. The van der Waals surface area contributed by atoms with E-state index in [-0.39, 0.29) is 12.5 Å². The molecule has 2 heterocycles. The Balaban J connectivity index is 1.76. The topological polar surface area (TPSA) is 74.2 Å². The highest BCUT2D eigenvalue weighted by Gasteiger charge is 2.21. The standard InChI is InChI=1S/C22H23ClN4O2/c1-15-16(2)27(13-18-8-6-10-29-18)22(19(15)11-24)25-21(28)14-26(3)12-17-7-4-5-9-20(17)23/h4-10H,12-14H2,1-3H3,(H,25,28). The number of nitrogens with zero attached hydrogens (tertiary/aromatic N) is 3. The summed E-state index contributed by atoms with van der Waals surface area (Å²) in [6.07, 6.45) is 1.61. The Morgan fingerprint density at radius 2 is 2.03 bits per heavy atom. The molecule has 0 radical (unpaired) electrons. The van der Waals surface area contributed by atoms with Crippen LogP contribution in [0.5, 0.6) is 0 Å². The van der Waals surface area contributed by atoms with Crippen LogP contribution in [0.1, 0.15) is 28.1 Å². The Labute approximate surface area is 175 Å². The molecule has 0 aliphatic rings. The second kappa shape index (κ2) is 8.99. The molecule has 0 aliphatic carbocycles. The van der Waals surface area contributed by atoms with Crippen LogP contribution >= 0.6 is 11.6 Å². The van der Waals surface area contributed by atoms with Crippen molar-refractivity contribution in [2.45, 2.75) is 26.9 Å². The van der Waals surface area contributed by atoms with Gasteiger partial charge in [0.1, 0.15) is 17.6 Å². The van der Waals surface area contributed by atoms with Gasteiger partial charge in [-0.2, -0.15) is 5.26 Å². The number of aromatic nitrogens is 1. The second-order valence-electron chi connectivity index (χ2n) is 7.02. The Morgan fingerprint density at radius 1 is 1.28 bits per heavy atom. The second-order valence-corrected chi connectivity index (χ2v) is 7.43. The van der Waals surface area contributed by atoms with Crippen LogP contribution in [0.25, 0.3) is 0 Å². The predicted molar refractivity (Wildman–Crippen MR) is 113 cm³/mol. The highest BCUT2D eigenvalue weighted by Crippen LogP contribution is 2.27. The van der Waals surface area contributed by atoms with E-state index in [1.54, 1.807) is 6.26 Å². The van der Waals surface area contributed by atoms with Crippen molar-refractivity contribution in [2.24, 2.45) is 0 Å². The molecule has 150 valence electrons. The lowest BCUT2D eigenvalue weighted by Gasteiger charge is -2.18. The summed E-state index contributed by atoms with van der Waals surface area (Å²) < 4.78 is 7.34. The molecular formula is C22H23ClN4O2. The zero-order valence-electron chi connectivity index (χ0n) is 16.7. The molecule has 3 rings (SSSR count). The van der Waals surface area contributed by atoms with Crippen LogP contribution in [-0.2, 0) is 17.9 Å². The number of likely N-dealkylation sites (N-methyl/N-ethyl adjacent to an activating group) is 1. The van der Waals surface area contributed by atoms with Gasteiger partial charge in [0.25, 0.3) is 0 Å². The van der Waals surface area contributed by atoms with Crippen molar-refractivity contribution in [3.63, 3.8) is 0 Å². The largest absolute Gasteiger partial charge is 0.467 e. The van der Waals surface area contributed by atoms with E-state index >= 15 is 0 Å². The Bertz CT molecular complexity index is 1050. The number of hydrogen-bond acceptors (Lipinski definition) is 4. The molecule has 0 aliphatic heterocycles. The van der Waals surface area contributed by atoms with Gasteiger partial charge < -0.3 is 14.3 Å². The average molecular weight is 411 g/mol. The maximum Gasteiger partial charge on any atom is 0.239 e. The van der Waals surface area contributed by atoms with Crippen molar-refractivity contribution in [2.75, 3.05) is 18.9 Å². The third kappa shape index (κ3) is 4.70. The van der Waals surface area contributed by atoms with Crippen LogP contribution in [0.2, 0.25) is 5.02 Å². The average Bonchev–Trinajstić information content (AvgIpc) is 3.26. The molecule has 29 heavy (non-hydrogen) atoms. The third-order valence-electron chi connectivity index (χ3n) is 4.90. The van der Waals surface area contributed by atoms with E-state index in [0.29, 0.717) is 29.5 Å². The molecule has 3 aromatic rings. The highest BCUT2D eigenvalue weighted by atomic mass is 35.5. The SMILES string of the molecule is Cc1c(C#N)c(NC(=O)CN(C)Cc2ccccc2Cl)n(Cc2ccco2)c1C. The fourth-order valence-corrected chi connectivity index (χ4v) is 3.47. The van der Waals surface area contributed by atoms with Crippen molar-refractivity contribution in [3.8, 4) is 6.07 Å². The first-order chi connectivity index (χ1) is 13.9. The number of halogens is 1. The minimum absolute atomic E-state index is 0.167. The molecule has 0 atom stereocenters. The third-order valence-corrected chi connectivity index (χ3v) is 5.27. The maximum atomic E-state index is 12.7. The van der Waals surface area contributed by atoms with Crippen LogP contribution in [0, 0.1) is 25.2 Å². The first-order valence-electron chi connectivity index (χ1n) is 9.24. The monoisotopic (exact) mass is 410 g/mol. The molecule has 0 saturated heterocycles. The molecule has 0 saturated carbocycles. The van der Waals surface area contributed by atoms with Crippen molar-refractivity contribution >= 4 is 23.3 Å². The minimum atomic E-state index is -0.200. The van der Waals surface area contributed by atoms with Gasteiger partial charge in [0.2, 0.25) is 5.91 Å². The number of furan rings is 1. The molecule has 1 N–H and O–H groups in total. The van der Waals surface area contributed by atoms with Gasteiger partial charge in [-0.25, -0.2) is 0 Å². The van der Waals surface area contributed by atoms with Crippen LogP contribution in [0.15, 0.2) is 47.1 Å². The van der Waals surface area contributed by atoms with Crippen molar-refractivity contribution < 1.29 is 9.21 Å². The van der Waals surface area contributed by atoms with Crippen LogP contribution in [-0.4, -0.2) is 29.0 Å². The smallest absolute Gasteiger partial charge is 0.239 e. The number of carbonyl (C=O) groups excluding carboxylic acids is 1. The Hall–Kier alpha value is -3.01.